The second-order valence-electron chi connectivity index (χ2n) is 6.80. The Kier molecular flexibility index (Phi) is 5.41. The van der Waals surface area contributed by atoms with E-state index >= 15 is 0 Å². The Morgan fingerprint density at radius 2 is 1.90 bits per heavy atom. The lowest BCUT2D eigenvalue weighted by molar-refractivity contribution is -0.384. The minimum absolute atomic E-state index is 0.0270. The normalized spacial score (nSPS) is 15.2. The van der Waals surface area contributed by atoms with Gasteiger partial charge in [-0.25, -0.2) is 9.59 Å². The number of hydrogen-bond donors (Lipinski definition) is 1. The van der Waals surface area contributed by atoms with Crippen LogP contribution in [0.25, 0.3) is 0 Å². The molecule has 0 saturated heterocycles. The van der Waals surface area contributed by atoms with Crippen LogP contribution in [0.15, 0.2) is 57.8 Å². The molecule has 1 aliphatic rings. The van der Waals surface area contributed by atoms with Gasteiger partial charge in [-0.2, -0.15) is 0 Å². The first-order valence-corrected chi connectivity index (χ1v) is 8.99. The molecule has 1 N–H and O–H groups in total. The van der Waals surface area contributed by atoms with Gasteiger partial charge in [0.15, 0.2) is 0 Å². The molecule has 0 spiro atoms. The van der Waals surface area contributed by atoms with Gasteiger partial charge in [-0.1, -0.05) is 24.8 Å². The molecule has 30 heavy (non-hydrogen) atoms. The zero-order valence-corrected chi connectivity index (χ0v) is 16.7. The fourth-order valence-electron chi connectivity index (χ4n) is 3.49. The number of nitrogens with zero attached hydrogens (tertiary/aromatic N) is 3. The molecule has 1 aromatic carbocycles. The summed E-state index contributed by atoms with van der Waals surface area (Å²) in [5.74, 6) is -1.29. The quantitative estimate of drug-likeness (QED) is 0.342. The Bertz CT molecular complexity index is 1200. The van der Waals surface area contributed by atoms with Crippen molar-refractivity contribution in [2.45, 2.75) is 12.8 Å². The minimum atomic E-state index is -0.884. The van der Waals surface area contributed by atoms with E-state index in [1.54, 1.807) is 6.92 Å². The maximum Gasteiger partial charge on any atom is 0.337 e. The lowest BCUT2D eigenvalue weighted by Crippen LogP contribution is -2.43. The molecule has 0 amide bonds. The molecule has 2 heterocycles. The topological polar surface area (TPSA) is 125 Å². The predicted molar refractivity (Wildman–Crippen MR) is 109 cm³/mol. The van der Waals surface area contributed by atoms with E-state index in [4.69, 9.17) is 4.74 Å². The van der Waals surface area contributed by atoms with Gasteiger partial charge < -0.3 is 10.1 Å². The molecule has 1 aromatic heterocycles. The summed E-state index contributed by atoms with van der Waals surface area (Å²) < 4.78 is 7.45. The number of carbonyl (C=O) groups is 1. The molecule has 10 heteroatoms. The third-order valence-electron chi connectivity index (χ3n) is 4.98. The number of esters is 1. The van der Waals surface area contributed by atoms with Gasteiger partial charge in [0, 0.05) is 31.9 Å². The summed E-state index contributed by atoms with van der Waals surface area (Å²) in [6.07, 6.45) is 1.42. The second-order valence-corrected chi connectivity index (χ2v) is 6.80. The highest BCUT2D eigenvalue weighted by molar-refractivity contribution is 5.94. The van der Waals surface area contributed by atoms with Gasteiger partial charge >= 0.3 is 11.7 Å². The first-order valence-electron chi connectivity index (χ1n) is 8.99. The molecular formula is C20H20N4O6. The maximum atomic E-state index is 13.0. The summed E-state index contributed by atoms with van der Waals surface area (Å²) >= 11 is 0. The van der Waals surface area contributed by atoms with Crippen LogP contribution in [-0.4, -0.2) is 26.6 Å². The van der Waals surface area contributed by atoms with E-state index in [0.717, 1.165) is 4.57 Å². The summed E-state index contributed by atoms with van der Waals surface area (Å²) in [6.45, 7) is 5.12. The van der Waals surface area contributed by atoms with Crippen LogP contribution in [0.5, 0.6) is 0 Å². The standard InChI is InChI=1S/C20H20N4O6/c1-5-10-30-19(26)14-11(2)21-17-16(18(25)23(4)20(27)22(17)3)15(14)12-6-8-13(9-7-12)24(28)29/h5-9,15,21H,1,10H2,2-4H3. The maximum absolute atomic E-state index is 13.0. The first kappa shape index (κ1) is 20.8. The molecule has 156 valence electrons. The van der Waals surface area contributed by atoms with Crippen molar-refractivity contribution in [2.75, 3.05) is 11.9 Å². The lowest BCUT2D eigenvalue weighted by Gasteiger charge is -2.30. The number of nitro benzene ring substituents is 1. The summed E-state index contributed by atoms with van der Waals surface area (Å²) in [4.78, 5) is 48.7. The molecule has 0 saturated carbocycles. The SMILES string of the molecule is C=CCOC(=O)C1=C(C)Nc2c(c(=O)n(C)c(=O)n2C)C1c1ccc([N+](=O)[O-])cc1. The van der Waals surface area contributed by atoms with Gasteiger partial charge in [-0.15, -0.1) is 0 Å². The zero-order chi connectivity index (χ0) is 22.2. The van der Waals surface area contributed by atoms with Crippen LogP contribution in [0.4, 0.5) is 11.5 Å². The average molecular weight is 412 g/mol. The van der Waals surface area contributed by atoms with Crippen molar-refractivity contribution in [3.05, 3.63) is 90.3 Å². The van der Waals surface area contributed by atoms with E-state index in [0.29, 0.717) is 11.3 Å². The van der Waals surface area contributed by atoms with Gasteiger partial charge in [0.1, 0.15) is 12.4 Å². The number of non-ortho nitro benzene ring substituents is 1. The van der Waals surface area contributed by atoms with Gasteiger partial charge in [0.05, 0.1) is 22.0 Å². The smallest absolute Gasteiger partial charge is 0.337 e. The summed E-state index contributed by atoms with van der Waals surface area (Å²) in [5.41, 5.74) is -0.00635. The monoisotopic (exact) mass is 412 g/mol. The van der Waals surface area contributed by atoms with Crippen LogP contribution in [0.2, 0.25) is 0 Å². The molecular weight excluding hydrogens is 392 g/mol. The highest BCUT2D eigenvalue weighted by Crippen LogP contribution is 2.40. The van der Waals surface area contributed by atoms with Crippen LogP contribution in [-0.2, 0) is 23.6 Å². The lowest BCUT2D eigenvalue weighted by atomic mass is 9.82. The molecule has 0 bridgehead atoms. The molecule has 1 atom stereocenters. The summed E-state index contributed by atoms with van der Waals surface area (Å²) in [7, 11) is 2.85. The Hall–Kier alpha value is -3.95. The van der Waals surface area contributed by atoms with Crippen molar-refractivity contribution in [3.8, 4) is 0 Å². The van der Waals surface area contributed by atoms with E-state index in [9.17, 15) is 24.5 Å². The van der Waals surface area contributed by atoms with Crippen LogP contribution in [0, 0.1) is 10.1 Å². The Morgan fingerprint density at radius 3 is 2.47 bits per heavy atom. The number of hydrogen-bond acceptors (Lipinski definition) is 7. The summed E-state index contributed by atoms with van der Waals surface area (Å²) in [5, 5.41) is 14.0. The largest absolute Gasteiger partial charge is 0.458 e. The van der Waals surface area contributed by atoms with E-state index in [1.807, 2.05) is 0 Å². The van der Waals surface area contributed by atoms with Crippen LogP contribution >= 0.6 is 0 Å². The van der Waals surface area contributed by atoms with E-state index in [1.165, 1.54) is 49.0 Å². The molecule has 10 nitrogen and oxygen atoms in total. The van der Waals surface area contributed by atoms with Gasteiger partial charge in [-0.3, -0.25) is 24.0 Å². The number of nitro groups is 1. The first-order chi connectivity index (χ1) is 14.2. The van der Waals surface area contributed by atoms with Crippen molar-refractivity contribution in [1.82, 2.24) is 9.13 Å². The van der Waals surface area contributed by atoms with Crippen LogP contribution < -0.4 is 16.6 Å². The number of benzene rings is 1. The van der Waals surface area contributed by atoms with Crippen molar-refractivity contribution in [2.24, 2.45) is 14.1 Å². The molecule has 0 aliphatic carbocycles. The molecule has 3 rings (SSSR count). The third-order valence-corrected chi connectivity index (χ3v) is 4.98. The number of ether oxygens (including phenoxy) is 1. The average Bonchev–Trinajstić information content (AvgIpc) is 2.73. The van der Waals surface area contributed by atoms with E-state index < -0.39 is 28.1 Å². The molecule has 1 unspecified atom stereocenters. The van der Waals surface area contributed by atoms with E-state index in [-0.39, 0.29) is 29.2 Å². The van der Waals surface area contributed by atoms with Crippen LogP contribution in [0.3, 0.4) is 0 Å². The highest BCUT2D eigenvalue weighted by atomic mass is 16.6. The van der Waals surface area contributed by atoms with Crippen molar-refractivity contribution < 1.29 is 14.5 Å². The molecule has 0 fully saturated rings. The fraction of sp³-hybridized carbons (Fsp3) is 0.250. The predicted octanol–water partition coefficient (Wildman–Crippen LogP) is 1.55. The fourth-order valence-corrected chi connectivity index (χ4v) is 3.49. The van der Waals surface area contributed by atoms with Crippen LogP contribution in [0.1, 0.15) is 24.0 Å². The van der Waals surface area contributed by atoms with Gasteiger partial charge in [0.25, 0.3) is 11.2 Å². The Morgan fingerprint density at radius 1 is 1.27 bits per heavy atom. The second kappa shape index (κ2) is 7.82. The molecule has 0 radical (unpaired) electrons. The summed E-state index contributed by atoms with van der Waals surface area (Å²) in [6, 6.07) is 5.56. The number of rotatable bonds is 5. The number of fused-ring (bicyclic) bond motifs is 1. The Balaban J connectivity index is 2.31. The highest BCUT2D eigenvalue weighted by Gasteiger charge is 2.37. The number of anilines is 1. The number of aromatic nitrogens is 2. The molecule has 1 aliphatic heterocycles. The number of nitrogens with one attached hydrogen (secondary N) is 1. The van der Waals surface area contributed by atoms with Gasteiger partial charge in [0.2, 0.25) is 0 Å². The van der Waals surface area contributed by atoms with E-state index in [2.05, 4.69) is 11.9 Å². The number of allylic oxidation sites excluding steroid dienone is 1. The van der Waals surface area contributed by atoms with Crippen molar-refractivity contribution >= 4 is 17.5 Å². The molecule has 2 aromatic rings. The van der Waals surface area contributed by atoms with Gasteiger partial charge in [-0.05, 0) is 12.5 Å². The van der Waals surface area contributed by atoms with Crippen molar-refractivity contribution in [1.29, 1.82) is 0 Å². The number of carbonyl (C=O) groups excluding carboxylic acids is 1. The third kappa shape index (κ3) is 3.32. The minimum Gasteiger partial charge on any atom is -0.458 e. The Labute approximate surface area is 170 Å². The zero-order valence-electron chi connectivity index (χ0n) is 16.7. The van der Waals surface area contributed by atoms with Crippen molar-refractivity contribution in [3.63, 3.8) is 0 Å².